The summed E-state index contributed by atoms with van der Waals surface area (Å²) in [6.45, 7) is 3.51. The third-order valence-electron chi connectivity index (χ3n) is 1.00. The Balaban J connectivity index is 3.83. The lowest BCUT2D eigenvalue weighted by Gasteiger charge is -1.99. The third kappa shape index (κ3) is 2.85. The molecule has 1 unspecified atom stereocenters. The zero-order valence-corrected chi connectivity index (χ0v) is 5.66. The van der Waals surface area contributed by atoms with Gasteiger partial charge in [0.2, 0.25) is 0 Å². The molecule has 0 aliphatic carbocycles. The maximum atomic E-state index is 10.2. The summed E-state index contributed by atoms with van der Waals surface area (Å²) >= 11 is 0. The van der Waals surface area contributed by atoms with Gasteiger partial charge in [0, 0.05) is 0 Å². The van der Waals surface area contributed by atoms with Crippen molar-refractivity contribution in [3.8, 4) is 0 Å². The molecule has 0 aliphatic heterocycles. The van der Waals surface area contributed by atoms with Gasteiger partial charge in [-0.15, -0.1) is 0 Å². The monoisotopic (exact) mass is 129 g/mol. The number of rotatable bonds is 3. The quantitative estimate of drug-likeness (QED) is 0.576. The molecule has 3 nitrogen and oxygen atoms in total. The lowest BCUT2D eigenvalue weighted by Crippen LogP contribution is -2.16. The molecule has 0 aromatic rings. The van der Waals surface area contributed by atoms with E-state index in [1.807, 2.05) is 0 Å². The summed E-state index contributed by atoms with van der Waals surface area (Å²) in [5.41, 5.74) is 0. The number of carboxylic acids is 1. The van der Waals surface area contributed by atoms with Gasteiger partial charge in [0.1, 0.15) is 6.04 Å². The molecule has 0 amide bonds. The summed E-state index contributed by atoms with van der Waals surface area (Å²) in [5.74, 6) is -0.851. The van der Waals surface area contributed by atoms with E-state index in [1.54, 1.807) is 13.8 Å². The van der Waals surface area contributed by atoms with Gasteiger partial charge in [-0.25, -0.2) is 4.79 Å². The predicted octanol–water partition coefficient (Wildman–Crippen LogP) is 0.940. The molecule has 0 spiro atoms. The third-order valence-corrected chi connectivity index (χ3v) is 1.00. The summed E-state index contributed by atoms with van der Waals surface area (Å²) in [4.78, 5) is 13.9. The van der Waals surface area contributed by atoms with Crippen molar-refractivity contribution >= 4 is 12.2 Å². The number of carboxylic acid groups (broad SMARTS) is 1. The van der Waals surface area contributed by atoms with Crippen LogP contribution in [0.25, 0.3) is 0 Å². The Labute approximate surface area is 54.4 Å². The minimum Gasteiger partial charge on any atom is -0.480 e. The molecule has 1 atom stereocenters. The number of carbonyl (C=O) groups is 1. The van der Waals surface area contributed by atoms with E-state index in [4.69, 9.17) is 5.11 Å². The molecule has 0 aromatic heterocycles. The normalized spacial score (nSPS) is 14.0. The molecule has 0 saturated carbocycles. The van der Waals surface area contributed by atoms with Gasteiger partial charge in [-0.3, -0.25) is 4.99 Å². The fourth-order valence-corrected chi connectivity index (χ4v) is 0.524. The molecule has 0 fully saturated rings. The fraction of sp³-hybridized carbons (Fsp3) is 0.667. The van der Waals surface area contributed by atoms with Crippen molar-refractivity contribution in [2.24, 2.45) is 4.99 Å². The molecule has 52 valence electrons. The van der Waals surface area contributed by atoms with Gasteiger partial charge in [-0.05, 0) is 19.6 Å². The number of nitrogens with zero attached hydrogens (tertiary/aromatic N) is 1. The van der Waals surface area contributed by atoms with Crippen molar-refractivity contribution in [3.05, 3.63) is 0 Å². The Morgan fingerprint density at radius 2 is 2.44 bits per heavy atom. The lowest BCUT2D eigenvalue weighted by molar-refractivity contribution is -0.138. The molecule has 9 heavy (non-hydrogen) atoms. The molecule has 1 N–H and O–H groups in total. The van der Waals surface area contributed by atoms with Crippen molar-refractivity contribution in [2.75, 3.05) is 0 Å². The molecule has 0 heterocycles. The molecule has 3 heteroatoms. The summed E-state index contributed by atoms with van der Waals surface area (Å²) < 4.78 is 0. The fourth-order valence-electron chi connectivity index (χ4n) is 0.524. The Morgan fingerprint density at radius 1 is 1.89 bits per heavy atom. The molecular weight excluding hydrogens is 118 g/mol. The number of hydrogen-bond acceptors (Lipinski definition) is 2. The number of aliphatic imine (C=N–C) groups is 1. The van der Waals surface area contributed by atoms with Gasteiger partial charge in [-0.1, -0.05) is 6.92 Å². The second-order valence-electron chi connectivity index (χ2n) is 1.67. The SMILES string of the molecule is CC=NC(CC)C(=O)O. The molecule has 0 aromatic carbocycles. The second-order valence-corrected chi connectivity index (χ2v) is 1.67. The van der Waals surface area contributed by atoms with Crippen molar-refractivity contribution in [2.45, 2.75) is 26.3 Å². The molecule has 0 radical (unpaired) electrons. The molecule has 0 bridgehead atoms. The topological polar surface area (TPSA) is 49.7 Å². The van der Waals surface area contributed by atoms with Crippen LogP contribution in [0.4, 0.5) is 0 Å². The van der Waals surface area contributed by atoms with E-state index in [-0.39, 0.29) is 0 Å². The lowest BCUT2D eigenvalue weighted by atomic mass is 10.2. The highest BCUT2D eigenvalue weighted by atomic mass is 16.4. The maximum absolute atomic E-state index is 10.2. The average molecular weight is 129 g/mol. The van der Waals surface area contributed by atoms with Crippen LogP contribution in [0.1, 0.15) is 20.3 Å². The van der Waals surface area contributed by atoms with E-state index in [2.05, 4.69) is 4.99 Å². The van der Waals surface area contributed by atoms with Crippen LogP contribution in [0.5, 0.6) is 0 Å². The van der Waals surface area contributed by atoms with Gasteiger partial charge < -0.3 is 5.11 Å². The van der Waals surface area contributed by atoms with Crippen LogP contribution in [0.15, 0.2) is 4.99 Å². The van der Waals surface area contributed by atoms with Gasteiger partial charge in [0.05, 0.1) is 0 Å². The zero-order valence-electron chi connectivity index (χ0n) is 5.66. The highest BCUT2D eigenvalue weighted by Gasteiger charge is 2.10. The van der Waals surface area contributed by atoms with Gasteiger partial charge >= 0.3 is 5.97 Å². The minimum atomic E-state index is -0.851. The Morgan fingerprint density at radius 3 is 2.56 bits per heavy atom. The van der Waals surface area contributed by atoms with E-state index in [0.717, 1.165) is 0 Å². The predicted molar refractivity (Wildman–Crippen MR) is 35.9 cm³/mol. The summed E-state index contributed by atoms with van der Waals surface area (Å²) in [5, 5.41) is 8.39. The van der Waals surface area contributed by atoms with Crippen molar-refractivity contribution < 1.29 is 9.90 Å². The van der Waals surface area contributed by atoms with E-state index in [0.29, 0.717) is 6.42 Å². The second kappa shape index (κ2) is 4.06. The summed E-state index contributed by atoms with van der Waals surface area (Å²) in [7, 11) is 0. The van der Waals surface area contributed by atoms with Crippen LogP contribution in [-0.2, 0) is 4.79 Å². The van der Waals surface area contributed by atoms with Gasteiger partial charge in [0.25, 0.3) is 0 Å². The molecule has 0 saturated heterocycles. The van der Waals surface area contributed by atoms with Crippen molar-refractivity contribution in [3.63, 3.8) is 0 Å². The Hall–Kier alpha value is -0.860. The Bertz CT molecular complexity index is 120. The van der Waals surface area contributed by atoms with Crippen molar-refractivity contribution in [1.29, 1.82) is 0 Å². The largest absolute Gasteiger partial charge is 0.480 e. The average Bonchev–Trinajstić information content (AvgIpc) is 1.82. The number of hydrogen-bond donors (Lipinski definition) is 1. The van der Waals surface area contributed by atoms with Crippen LogP contribution in [-0.4, -0.2) is 23.3 Å². The van der Waals surface area contributed by atoms with Crippen LogP contribution >= 0.6 is 0 Å². The van der Waals surface area contributed by atoms with Gasteiger partial charge in [-0.2, -0.15) is 0 Å². The number of aliphatic carboxylic acids is 1. The van der Waals surface area contributed by atoms with E-state index >= 15 is 0 Å². The molecular formula is C6H11NO2. The standard InChI is InChI=1S/C6H11NO2/c1-3-5(6(8)9)7-4-2/h4-5H,3H2,1-2H3,(H,8,9). The highest BCUT2D eigenvalue weighted by Crippen LogP contribution is 1.94. The van der Waals surface area contributed by atoms with Crippen LogP contribution < -0.4 is 0 Å². The maximum Gasteiger partial charge on any atom is 0.328 e. The first-order valence-electron chi connectivity index (χ1n) is 2.93. The first-order chi connectivity index (χ1) is 4.22. The smallest absolute Gasteiger partial charge is 0.328 e. The summed E-state index contributed by atoms with van der Waals surface area (Å²) in [6.07, 6.45) is 2.07. The van der Waals surface area contributed by atoms with E-state index < -0.39 is 12.0 Å². The molecule has 0 aliphatic rings. The molecule has 0 rings (SSSR count). The highest BCUT2D eigenvalue weighted by molar-refractivity contribution is 5.75. The van der Waals surface area contributed by atoms with E-state index in [1.165, 1.54) is 6.21 Å². The van der Waals surface area contributed by atoms with Gasteiger partial charge in [0.15, 0.2) is 0 Å². The van der Waals surface area contributed by atoms with E-state index in [9.17, 15) is 4.79 Å². The first-order valence-corrected chi connectivity index (χ1v) is 2.93. The minimum absolute atomic E-state index is 0.546. The van der Waals surface area contributed by atoms with Crippen LogP contribution in [0, 0.1) is 0 Å². The summed E-state index contributed by atoms with van der Waals surface area (Å²) in [6, 6.07) is -0.546. The van der Waals surface area contributed by atoms with Crippen LogP contribution in [0.2, 0.25) is 0 Å². The first kappa shape index (κ1) is 8.14. The zero-order chi connectivity index (χ0) is 7.28. The Kier molecular flexibility index (Phi) is 3.67. The van der Waals surface area contributed by atoms with Crippen LogP contribution in [0.3, 0.4) is 0 Å². The van der Waals surface area contributed by atoms with Crippen molar-refractivity contribution in [1.82, 2.24) is 0 Å².